The van der Waals surface area contributed by atoms with E-state index >= 15 is 0 Å². The lowest BCUT2D eigenvalue weighted by Crippen LogP contribution is -2.44. The van der Waals surface area contributed by atoms with Crippen LogP contribution in [0, 0.1) is 11.8 Å². The molecular formula is C14H26O2. The van der Waals surface area contributed by atoms with Crippen LogP contribution in [-0.4, -0.2) is 18.5 Å². The number of ether oxygens (including phenoxy) is 1. The van der Waals surface area contributed by atoms with Gasteiger partial charge in [0, 0.05) is 13.5 Å². The van der Waals surface area contributed by atoms with E-state index < -0.39 is 5.60 Å². The Morgan fingerprint density at radius 1 is 1.50 bits per heavy atom. The molecule has 0 radical (unpaired) electrons. The van der Waals surface area contributed by atoms with Gasteiger partial charge in [-0.05, 0) is 37.5 Å². The van der Waals surface area contributed by atoms with E-state index in [4.69, 9.17) is 4.74 Å². The first-order valence-electron chi connectivity index (χ1n) is 6.58. The summed E-state index contributed by atoms with van der Waals surface area (Å²) in [5.74, 6) is 1.55. The molecule has 1 saturated carbocycles. The Balaban J connectivity index is 2.60. The molecule has 0 bridgehead atoms. The van der Waals surface area contributed by atoms with Crippen molar-refractivity contribution < 1.29 is 9.53 Å². The molecule has 2 nitrogen and oxygen atoms in total. The molecule has 0 aromatic rings. The normalized spacial score (nSPS) is 30.7. The molecule has 0 saturated heterocycles. The van der Waals surface area contributed by atoms with Crippen LogP contribution in [0.4, 0.5) is 0 Å². The smallest absolute Gasteiger partial charge is 0.164 e. The first-order chi connectivity index (χ1) is 7.50. The van der Waals surface area contributed by atoms with Gasteiger partial charge in [-0.1, -0.05) is 27.2 Å². The van der Waals surface area contributed by atoms with E-state index in [9.17, 15) is 4.79 Å². The average molecular weight is 226 g/mol. The molecule has 16 heavy (non-hydrogen) atoms. The summed E-state index contributed by atoms with van der Waals surface area (Å²) in [4.78, 5) is 12.3. The van der Waals surface area contributed by atoms with Crippen molar-refractivity contribution in [3.63, 3.8) is 0 Å². The summed E-state index contributed by atoms with van der Waals surface area (Å²) in [7, 11) is 1.70. The van der Waals surface area contributed by atoms with Crippen LogP contribution >= 0.6 is 0 Å². The Morgan fingerprint density at radius 3 is 2.69 bits per heavy atom. The summed E-state index contributed by atoms with van der Waals surface area (Å²) < 4.78 is 5.59. The lowest BCUT2D eigenvalue weighted by atomic mass is 9.75. The van der Waals surface area contributed by atoms with Gasteiger partial charge in [0.25, 0.3) is 0 Å². The zero-order valence-corrected chi connectivity index (χ0v) is 11.2. The van der Waals surface area contributed by atoms with Crippen LogP contribution in [0.1, 0.15) is 59.3 Å². The van der Waals surface area contributed by atoms with Crippen molar-refractivity contribution in [1.82, 2.24) is 0 Å². The van der Waals surface area contributed by atoms with E-state index in [0.29, 0.717) is 24.0 Å². The summed E-state index contributed by atoms with van der Waals surface area (Å²) in [5, 5.41) is 0. The summed E-state index contributed by atoms with van der Waals surface area (Å²) in [5.41, 5.74) is -0.452. The quantitative estimate of drug-likeness (QED) is 0.716. The molecular weight excluding hydrogens is 200 g/mol. The van der Waals surface area contributed by atoms with Gasteiger partial charge in [-0.25, -0.2) is 0 Å². The van der Waals surface area contributed by atoms with Crippen LogP contribution < -0.4 is 0 Å². The van der Waals surface area contributed by atoms with Crippen molar-refractivity contribution in [2.24, 2.45) is 11.8 Å². The molecule has 0 spiro atoms. The van der Waals surface area contributed by atoms with Crippen molar-refractivity contribution in [2.75, 3.05) is 7.11 Å². The van der Waals surface area contributed by atoms with Gasteiger partial charge in [0.1, 0.15) is 5.60 Å². The van der Waals surface area contributed by atoms with Crippen LogP contribution in [0.2, 0.25) is 0 Å². The zero-order chi connectivity index (χ0) is 12.2. The number of hydrogen-bond acceptors (Lipinski definition) is 2. The molecule has 1 fully saturated rings. The number of methoxy groups -OCH3 is 1. The third-order valence-electron chi connectivity index (χ3n) is 3.80. The standard InChI is InChI=1S/C14H26O2/c1-11(2)7-8-13(15)14(16-4)9-5-6-12(3)10-14/h11-12H,5-10H2,1-4H3. The van der Waals surface area contributed by atoms with Crippen LogP contribution in [0.5, 0.6) is 0 Å². The van der Waals surface area contributed by atoms with E-state index in [0.717, 1.165) is 25.7 Å². The highest BCUT2D eigenvalue weighted by Gasteiger charge is 2.40. The van der Waals surface area contributed by atoms with Gasteiger partial charge < -0.3 is 4.74 Å². The minimum absolute atomic E-state index is 0.329. The SMILES string of the molecule is COC1(C(=O)CCC(C)C)CCCC(C)C1. The molecule has 2 unspecified atom stereocenters. The fraction of sp³-hybridized carbons (Fsp3) is 0.929. The molecule has 0 N–H and O–H groups in total. The fourth-order valence-corrected chi connectivity index (χ4v) is 2.70. The minimum Gasteiger partial charge on any atom is -0.370 e. The Morgan fingerprint density at radius 2 is 2.19 bits per heavy atom. The third kappa shape index (κ3) is 3.31. The highest BCUT2D eigenvalue weighted by Crippen LogP contribution is 2.36. The molecule has 0 aromatic carbocycles. The highest BCUT2D eigenvalue weighted by molar-refractivity contribution is 5.87. The molecule has 2 heteroatoms. The van der Waals surface area contributed by atoms with Crippen molar-refractivity contribution in [1.29, 1.82) is 0 Å². The van der Waals surface area contributed by atoms with Gasteiger partial charge in [-0.2, -0.15) is 0 Å². The van der Waals surface area contributed by atoms with Gasteiger partial charge in [0.05, 0.1) is 0 Å². The molecule has 94 valence electrons. The Hall–Kier alpha value is -0.370. The summed E-state index contributed by atoms with van der Waals surface area (Å²) in [6, 6.07) is 0. The second-order valence-corrected chi connectivity index (χ2v) is 5.76. The number of carbonyl (C=O) groups excluding carboxylic acids is 1. The maximum atomic E-state index is 12.3. The van der Waals surface area contributed by atoms with E-state index in [-0.39, 0.29) is 0 Å². The first kappa shape index (κ1) is 13.7. The summed E-state index contributed by atoms with van der Waals surface area (Å²) >= 11 is 0. The van der Waals surface area contributed by atoms with Crippen LogP contribution in [-0.2, 0) is 9.53 Å². The van der Waals surface area contributed by atoms with Crippen molar-refractivity contribution in [2.45, 2.75) is 64.9 Å². The van der Waals surface area contributed by atoms with Gasteiger partial charge in [-0.15, -0.1) is 0 Å². The number of ketones is 1. The monoisotopic (exact) mass is 226 g/mol. The second-order valence-electron chi connectivity index (χ2n) is 5.76. The Kier molecular flexibility index (Phi) is 4.97. The molecule has 0 aromatic heterocycles. The molecule has 2 atom stereocenters. The van der Waals surface area contributed by atoms with Gasteiger partial charge in [-0.3, -0.25) is 4.79 Å². The van der Waals surface area contributed by atoms with Gasteiger partial charge in [0.15, 0.2) is 5.78 Å². The predicted octanol–water partition coefficient (Wildman–Crippen LogP) is 3.59. The van der Waals surface area contributed by atoms with Crippen LogP contribution in [0.15, 0.2) is 0 Å². The van der Waals surface area contributed by atoms with Gasteiger partial charge in [0.2, 0.25) is 0 Å². The Bertz CT molecular complexity index is 235. The number of carbonyl (C=O) groups is 1. The van der Waals surface area contributed by atoms with E-state index in [1.807, 2.05) is 0 Å². The van der Waals surface area contributed by atoms with Crippen LogP contribution in [0.25, 0.3) is 0 Å². The lowest BCUT2D eigenvalue weighted by molar-refractivity contribution is -0.147. The molecule has 0 amide bonds. The zero-order valence-electron chi connectivity index (χ0n) is 11.2. The summed E-state index contributed by atoms with van der Waals surface area (Å²) in [6.45, 7) is 6.55. The third-order valence-corrected chi connectivity index (χ3v) is 3.80. The largest absolute Gasteiger partial charge is 0.370 e. The van der Waals surface area contributed by atoms with Crippen molar-refractivity contribution >= 4 is 5.78 Å². The number of Topliss-reactive ketones (excluding diaryl/α,β-unsaturated/α-hetero) is 1. The van der Waals surface area contributed by atoms with E-state index in [1.165, 1.54) is 6.42 Å². The molecule has 1 rings (SSSR count). The van der Waals surface area contributed by atoms with Crippen LogP contribution in [0.3, 0.4) is 0 Å². The van der Waals surface area contributed by atoms with Crippen molar-refractivity contribution in [3.05, 3.63) is 0 Å². The topological polar surface area (TPSA) is 26.3 Å². The average Bonchev–Trinajstić information content (AvgIpc) is 2.25. The van der Waals surface area contributed by atoms with Crippen molar-refractivity contribution in [3.8, 4) is 0 Å². The number of hydrogen-bond donors (Lipinski definition) is 0. The van der Waals surface area contributed by atoms with E-state index in [2.05, 4.69) is 20.8 Å². The van der Waals surface area contributed by atoms with Gasteiger partial charge >= 0.3 is 0 Å². The first-order valence-corrected chi connectivity index (χ1v) is 6.58. The maximum absolute atomic E-state index is 12.3. The molecule has 1 aliphatic carbocycles. The molecule has 0 heterocycles. The lowest BCUT2D eigenvalue weighted by Gasteiger charge is -2.37. The second kappa shape index (κ2) is 5.81. The fourth-order valence-electron chi connectivity index (χ4n) is 2.70. The van der Waals surface area contributed by atoms with E-state index in [1.54, 1.807) is 7.11 Å². The predicted molar refractivity (Wildman–Crippen MR) is 66.5 cm³/mol. The number of rotatable bonds is 5. The highest BCUT2D eigenvalue weighted by atomic mass is 16.5. The maximum Gasteiger partial charge on any atom is 0.164 e. The molecule has 1 aliphatic rings. The minimum atomic E-state index is -0.452. The Labute approximate surface area is 99.8 Å². The summed E-state index contributed by atoms with van der Waals surface area (Å²) in [6.07, 6.45) is 5.87. The molecule has 0 aliphatic heterocycles.